The Morgan fingerprint density at radius 2 is 1.17 bits per heavy atom. The van der Waals surface area contributed by atoms with Gasteiger partial charge in [-0.05, 0) is 30.7 Å². The van der Waals surface area contributed by atoms with Crippen molar-refractivity contribution in [1.29, 1.82) is 0 Å². The summed E-state index contributed by atoms with van der Waals surface area (Å²) in [5, 5.41) is 18.5. The van der Waals surface area contributed by atoms with Crippen molar-refractivity contribution in [2.75, 3.05) is 26.4 Å². The molecule has 2 fully saturated rings. The number of rotatable bonds is 2. The first kappa shape index (κ1) is 27.1. The zero-order chi connectivity index (χ0) is 24.9. The predicted octanol–water partition coefficient (Wildman–Crippen LogP) is 2.08. The van der Waals surface area contributed by atoms with Gasteiger partial charge in [0, 0.05) is 19.6 Å². The molecule has 6 rings (SSSR count). The van der Waals surface area contributed by atoms with Crippen LogP contribution in [-0.2, 0) is 14.3 Å². The molecule has 4 heterocycles. The molecule has 4 aliphatic heterocycles. The van der Waals surface area contributed by atoms with E-state index in [2.05, 4.69) is 0 Å². The largest absolute Gasteiger partial charge is 0.391 e. The summed E-state index contributed by atoms with van der Waals surface area (Å²) in [4.78, 5) is 51.4. The van der Waals surface area contributed by atoms with Crippen LogP contribution in [0.25, 0.3) is 0 Å². The van der Waals surface area contributed by atoms with Gasteiger partial charge in [-0.2, -0.15) is 0 Å². The van der Waals surface area contributed by atoms with E-state index < -0.39 is 23.6 Å². The van der Waals surface area contributed by atoms with Gasteiger partial charge in [-0.3, -0.25) is 29.2 Å². The summed E-state index contributed by atoms with van der Waals surface area (Å²) in [6.07, 6.45) is 1.13. The molecule has 0 radical (unpaired) electrons. The lowest BCUT2D eigenvalue weighted by Crippen LogP contribution is -2.34. The molecule has 0 aromatic heterocycles. The number of carbonyl (C=O) groups is 4. The first-order chi connectivity index (χ1) is 16.9. The van der Waals surface area contributed by atoms with Gasteiger partial charge in [0.15, 0.2) is 0 Å². The SMILES string of the molecule is C.O=C1c2ccccc2C(=O)N1O.O=C1c2ccccc2C(=O)N1OC1CCOC1.OC1CCOC1. The van der Waals surface area contributed by atoms with Crippen molar-refractivity contribution in [1.82, 2.24) is 10.1 Å². The minimum Gasteiger partial charge on any atom is -0.391 e. The Labute approximate surface area is 207 Å². The molecule has 0 spiro atoms. The number of aliphatic hydroxyl groups is 1. The molecular weight excluding hydrogens is 472 g/mol. The number of hydrogen-bond acceptors (Lipinski definition) is 9. The van der Waals surface area contributed by atoms with Gasteiger partial charge in [0.2, 0.25) is 0 Å². The first-order valence-electron chi connectivity index (χ1n) is 11.0. The molecule has 2 aromatic rings. The maximum atomic E-state index is 11.9. The van der Waals surface area contributed by atoms with Crippen LogP contribution in [0.4, 0.5) is 0 Å². The molecule has 36 heavy (non-hydrogen) atoms. The highest BCUT2D eigenvalue weighted by molar-refractivity contribution is 6.21. The third-order valence-corrected chi connectivity index (χ3v) is 5.58. The van der Waals surface area contributed by atoms with Gasteiger partial charge >= 0.3 is 0 Å². The second-order valence-corrected chi connectivity index (χ2v) is 8.03. The van der Waals surface area contributed by atoms with Crippen LogP contribution < -0.4 is 0 Å². The number of hydrogen-bond donors (Lipinski definition) is 2. The maximum absolute atomic E-state index is 11.9. The summed E-state index contributed by atoms with van der Waals surface area (Å²) in [7, 11) is 0. The highest BCUT2D eigenvalue weighted by atomic mass is 16.7. The third-order valence-electron chi connectivity index (χ3n) is 5.58. The molecule has 11 nitrogen and oxygen atoms in total. The molecular formula is C25H28N2O9. The minimum atomic E-state index is -0.657. The summed E-state index contributed by atoms with van der Waals surface area (Å²) in [5.41, 5.74) is 1.31. The molecule has 2 aromatic carbocycles. The van der Waals surface area contributed by atoms with Gasteiger partial charge in [-0.15, -0.1) is 10.1 Å². The lowest BCUT2D eigenvalue weighted by atomic mass is 10.1. The summed E-state index contributed by atoms with van der Waals surface area (Å²) in [6.45, 7) is 2.31. The lowest BCUT2D eigenvalue weighted by molar-refractivity contribution is -0.131. The normalized spacial score (nSPS) is 21.8. The van der Waals surface area contributed by atoms with Gasteiger partial charge < -0.3 is 14.6 Å². The van der Waals surface area contributed by atoms with Crippen molar-refractivity contribution in [2.45, 2.75) is 32.5 Å². The lowest BCUT2D eigenvalue weighted by Gasteiger charge is -2.17. The maximum Gasteiger partial charge on any atom is 0.285 e. The molecule has 4 amide bonds. The number of amides is 4. The third kappa shape index (κ3) is 5.66. The molecule has 11 heteroatoms. The van der Waals surface area contributed by atoms with Crippen molar-refractivity contribution in [3.63, 3.8) is 0 Å². The number of imide groups is 2. The number of nitrogens with zero attached hydrogens (tertiary/aromatic N) is 2. The van der Waals surface area contributed by atoms with E-state index in [9.17, 15) is 19.2 Å². The van der Waals surface area contributed by atoms with Crippen LogP contribution >= 0.6 is 0 Å². The summed E-state index contributed by atoms with van der Waals surface area (Å²) >= 11 is 0. The van der Waals surface area contributed by atoms with E-state index in [0.29, 0.717) is 37.4 Å². The van der Waals surface area contributed by atoms with Crippen LogP contribution in [0, 0.1) is 0 Å². The molecule has 2 unspecified atom stereocenters. The van der Waals surface area contributed by atoms with Crippen LogP contribution in [0.1, 0.15) is 61.7 Å². The van der Waals surface area contributed by atoms with E-state index in [4.69, 9.17) is 24.6 Å². The fourth-order valence-corrected chi connectivity index (χ4v) is 3.71. The topological polar surface area (TPSA) is 143 Å². The second kappa shape index (κ2) is 12.0. The Balaban J connectivity index is 0.000000165. The van der Waals surface area contributed by atoms with Gasteiger partial charge in [0.05, 0.1) is 41.6 Å². The molecule has 0 bridgehead atoms. The average Bonchev–Trinajstić information content (AvgIpc) is 3.66. The second-order valence-electron chi connectivity index (χ2n) is 8.03. The van der Waals surface area contributed by atoms with Crippen LogP contribution in [0.2, 0.25) is 0 Å². The van der Waals surface area contributed by atoms with Crippen molar-refractivity contribution in [3.05, 3.63) is 70.8 Å². The minimum absolute atomic E-state index is 0. The van der Waals surface area contributed by atoms with Crippen molar-refractivity contribution >= 4 is 23.6 Å². The van der Waals surface area contributed by atoms with E-state index in [-0.39, 0.29) is 35.8 Å². The molecule has 2 saturated heterocycles. The average molecular weight is 501 g/mol. The highest BCUT2D eigenvalue weighted by Gasteiger charge is 2.38. The highest BCUT2D eigenvalue weighted by Crippen LogP contribution is 2.24. The Hall–Kier alpha value is -3.48. The van der Waals surface area contributed by atoms with Gasteiger partial charge in [0.25, 0.3) is 23.6 Å². The molecule has 192 valence electrons. The van der Waals surface area contributed by atoms with Gasteiger partial charge in [-0.25, -0.2) is 0 Å². The zero-order valence-corrected chi connectivity index (χ0v) is 18.7. The quantitative estimate of drug-likeness (QED) is 0.468. The smallest absolute Gasteiger partial charge is 0.285 e. The number of fused-ring (bicyclic) bond motifs is 2. The standard InChI is InChI=1S/C12H11NO4.C8H5NO3.C4H8O2.CH4/c14-11-9-3-1-2-4-10(9)12(15)13(11)17-8-5-6-16-7-8;10-7-5-3-1-2-4-6(5)8(11)9(7)12;5-4-1-2-6-3-4;/h1-4,8H,5-7H2;1-4,12H;4-5H,1-3H2;1H4. The molecule has 0 saturated carbocycles. The Kier molecular flexibility index (Phi) is 9.02. The van der Waals surface area contributed by atoms with E-state index in [1.165, 1.54) is 12.1 Å². The number of hydroxylamine groups is 4. The Morgan fingerprint density at radius 3 is 1.53 bits per heavy atom. The summed E-state index contributed by atoms with van der Waals surface area (Å²) in [5.74, 6) is -2.10. The van der Waals surface area contributed by atoms with Crippen LogP contribution in [0.5, 0.6) is 0 Å². The van der Waals surface area contributed by atoms with Crippen LogP contribution in [0.15, 0.2) is 48.5 Å². The number of ether oxygens (including phenoxy) is 2. The predicted molar refractivity (Wildman–Crippen MR) is 124 cm³/mol. The number of benzene rings is 2. The zero-order valence-electron chi connectivity index (χ0n) is 18.7. The van der Waals surface area contributed by atoms with Crippen LogP contribution in [-0.4, -0.2) is 82.7 Å². The molecule has 4 aliphatic rings. The van der Waals surface area contributed by atoms with E-state index in [1.807, 2.05) is 0 Å². The van der Waals surface area contributed by atoms with E-state index in [1.54, 1.807) is 36.4 Å². The Morgan fingerprint density at radius 1 is 0.722 bits per heavy atom. The summed E-state index contributed by atoms with van der Waals surface area (Å²) < 4.78 is 9.95. The van der Waals surface area contributed by atoms with E-state index in [0.717, 1.165) is 18.1 Å². The van der Waals surface area contributed by atoms with Crippen molar-refractivity contribution in [2.24, 2.45) is 0 Å². The van der Waals surface area contributed by atoms with Crippen LogP contribution in [0.3, 0.4) is 0 Å². The summed E-state index contributed by atoms with van der Waals surface area (Å²) in [6, 6.07) is 13.0. The monoisotopic (exact) mass is 500 g/mol. The Bertz CT molecular complexity index is 1050. The fourth-order valence-electron chi connectivity index (χ4n) is 3.71. The number of carbonyl (C=O) groups excluding carboxylic acids is 4. The van der Waals surface area contributed by atoms with Crippen molar-refractivity contribution < 1.29 is 43.8 Å². The number of aliphatic hydroxyl groups excluding tert-OH is 1. The van der Waals surface area contributed by atoms with Gasteiger partial charge in [-0.1, -0.05) is 31.7 Å². The fraction of sp³-hybridized carbons (Fsp3) is 0.360. The van der Waals surface area contributed by atoms with Crippen molar-refractivity contribution in [3.8, 4) is 0 Å². The molecule has 0 aliphatic carbocycles. The molecule has 2 N–H and O–H groups in total. The molecule has 2 atom stereocenters. The first-order valence-corrected chi connectivity index (χ1v) is 11.0. The van der Waals surface area contributed by atoms with Gasteiger partial charge in [0.1, 0.15) is 6.10 Å². The van der Waals surface area contributed by atoms with E-state index >= 15 is 0 Å².